The Labute approximate surface area is 292 Å². The molecule has 4 aromatic rings. The number of rotatable bonds is 7. The van der Waals surface area contributed by atoms with E-state index < -0.39 is 17.5 Å². The molecule has 2 aromatic carbocycles. The van der Waals surface area contributed by atoms with E-state index in [9.17, 15) is 18.8 Å². The molecule has 0 saturated carbocycles. The van der Waals surface area contributed by atoms with Crippen molar-refractivity contribution in [2.45, 2.75) is 77.0 Å². The third-order valence-corrected chi connectivity index (χ3v) is 9.39. The lowest BCUT2D eigenvalue weighted by Crippen LogP contribution is -2.31. The lowest BCUT2D eigenvalue weighted by molar-refractivity contribution is -0.137. The Morgan fingerprint density at radius 3 is 2.38 bits per heavy atom. The third-order valence-electron chi connectivity index (χ3n) is 6.46. The average Bonchev–Trinajstić information content (AvgIpc) is 3.54. The molecule has 0 saturated heterocycles. The van der Waals surface area contributed by atoms with Crippen molar-refractivity contribution in [3.63, 3.8) is 0 Å². The highest BCUT2D eigenvalue weighted by molar-refractivity contribution is 8.00. The van der Waals surface area contributed by atoms with E-state index in [2.05, 4.69) is 14.8 Å². The maximum atomic E-state index is 14.3. The second kappa shape index (κ2) is 15.5. The predicted octanol–water partition coefficient (Wildman–Crippen LogP) is 7.01. The molecular weight excluding hydrogens is 716 g/mol. The molecule has 254 valence electrons. The van der Waals surface area contributed by atoms with Gasteiger partial charge in [-0.2, -0.15) is 4.68 Å². The van der Waals surface area contributed by atoms with Gasteiger partial charge in [0.1, 0.15) is 17.3 Å². The van der Waals surface area contributed by atoms with Crippen LogP contribution in [0, 0.1) is 5.82 Å². The fourth-order valence-corrected chi connectivity index (χ4v) is 6.68. The van der Waals surface area contributed by atoms with E-state index in [1.54, 1.807) is 15.4 Å². The Morgan fingerprint density at radius 1 is 1.09 bits per heavy atom. The third kappa shape index (κ3) is 9.11. The normalized spacial score (nSPS) is 13.3. The van der Waals surface area contributed by atoms with Gasteiger partial charge < -0.3 is 13.9 Å². The molecule has 47 heavy (non-hydrogen) atoms. The van der Waals surface area contributed by atoms with Crippen LogP contribution in [-0.4, -0.2) is 44.1 Å². The largest absolute Gasteiger partial charge is 0.489 e. The highest BCUT2D eigenvalue weighted by atomic mass is 35.5. The minimum Gasteiger partial charge on any atom is -0.489 e. The lowest BCUT2D eigenvalue weighted by atomic mass is 9.97. The molecule has 0 spiro atoms. The van der Waals surface area contributed by atoms with Gasteiger partial charge >= 0.3 is 16.6 Å². The van der Waals surface area contributed by atoms with Crippen molar-refractivity contribution in [3.8, 4) is 11.4 Å². The van der Waals surface area contributed by atoms with E-state index in [-0.39, 0.29) is 37.9 Å². The first kappa shape index (κ1) is 36.8. The first-order chi connectivity index (χ1) is 22.1. The Balaban J connectivity index is 0.000000215. The van der Waals surface area contributed by atoms with E-state index >= 15 is 0 Å². The Kier molecular flexibility index (Phi) is 12.1. The monoisotopic (exact) mass is 747 g/mol. The zero-order chi connectivity index (χ0) is 34.6. The van der Waals surface area contributed by atoms with E-state index in [1.165, 1.54) is 19.2 Å². The SMILES string of the molecule is CC(C)Oc1cc(-n2nc(C(C)(C)C)oc2=O)c(Cl)cc1Cl.COC(=O)CSc1cc(N=c2sc(=O)n3n2CCCC3)c(F)cc1Cl. The molecule has 2 aromatic heterocycles. The van der Waals surface area contributed by atoms with Crippen molar-refractivity contribution < 1.29 is 23.1 Å². The van der Waals surface area contributed by atoms with Gasteiger partial charge in [-0.05, 0) is 56.2 Å². The number of hydrogen-bond acceptors (Lipinski definition) is 10. The molecule has 0 aliphatic carbocycles. The zero-order valence-electron chi connectivity index (χ0n) is 26.4. The first-order valence-corrected chi connectivity index (χ1v) is 17.3. The molecular formula is C30H33Cl3FN5O6S2. The summed E-state index contributed by atoms with van der Waals surface area (Å²) < 4.78 is 34.2. The number of nitrogens with zero attached hydrogens (tertiary/aromatic N) is 5. The molecule has 5 rings (SSSR count). The summed E-state index contributed by atoms with van der Waals surface area (Å²) in [6, 6.07) is 5.75. The Bertz CT molecular complexity index is 1960. The molecule has 0 radical (unpaired) electrons. The van der Waals surface area contributed by atoms with Crippen LogP contribution in [0.4, 0.5) is 10.1 Å². The topological polar surface area (TPSA) is 123 Å². The molecule has 0 unspecified atom stereocenters. The number of thioether (sulfide) groups is 1. The van der Waals surface area contributed by atoms with Crippen molar-refractivity contribution >= 4 is 69.6 Å². The molecule has 0 amide bonds. The van der Waals surface area contributed by atoms with Crippen molar-refractivity contribution in [2.24, 2.45) is 4.99 Å². The number of fused-ring (bicyclic) bond motifs is 1. The second-order valence-electron chi connectivity index (χ2n) is 11.6. The van der Waals surface area contributed by atoms with Crippen LogP contribution in [-0.2, 0) is 28.0 Å². The van der Waals surface area contributed by atoms with E-state index in [0.29, 0.717) is 45.1 Å². The summed E-state index contributed by atoms with van der Waals surface area (Å²) in [4.78, 5) is 40.6. The highest BCUT2D eigenvalue weighted by Crippen LogP contribution is 2.34. The minimum absolute atomic E-state index is 0.0605. The first-order valence-electron chi connectivity index (χ1n) is 14.4. The van der Waals surface area contributed by atoms with Crippen molar-refractivity contribution in [2.75, 3.05) is 12.9 Å². The summed E-state index contributed by atoms with van der Waals surface area (Å²) in [7, 11) is 1.30. The minimum atomic E-state index is -0.607. The van der Waals surface area contributed by atoms with Crippen LogP contribution in [0.15, 0.2) is 48.2 Å². The smallest absolute Gasteiger partial charge is 0.442 e. The fourth-order valence-electron chi connectivity index (χ4n) is 4.19. The molecule has 0 atom stereocenters. The zero-order valence-corrected chi connectivity index (χ0v) is 30.3. The number of benzene rings is 2. The van der Waals surface area contributed by atoms with E-state index in [4.69, 9.17) is 44.0 Å². The van der Waals surface area contributed by atoms with Gasteiger partial charge in [0.15, 0.2) is 0 Å². The van der Waals surface area contributed by atoms with E-state index in [0.717, 1.165) is 46.7 Å². The molecule has 3 heterocycles. The average molecular weight is 749 g/mol. The van der Waals surface area contributed by atoms with Gasteiger partial charge in [0, 0.05) is 29.5 Å². The van der Waals surface area contributed by atoms with Crippen LogP contribution < -0.4 is 20.2 Å². The predicted molar refractivity (Wildman–Crippen MR) is 182 cm³/mol. The van der Waals surface area contributed by atoms with Crippen molar-refractivity contribution in [3.05, 3.63) is 76.1 Å². The maximum Gasteiger partial charge on any atom is 0.442 e. The summed E-state index contributed by atoms with van der Waals surface area (Å²) >= 11 is 20.5. The standard InChI is InChI=1S/C15H18Cl2N2O3.C15H15ClFN3O3S2/c1-8(2)21-12-7-11(9(16)6-10(12)17)19-14(20)22-13(18-19)15(3,4)5;1-23-13(21)8-24-12-7-11(10(17)6-9(12)16)18-14-19-4-2-3-5-20(19)15(22)25-14/h6-8H,1-5H3;6-7H,2-5,8H2,1H3. The fraction of sp³-hybridized carbons (Fsp3) is 0.433. The summed E-state index contributed by atoms with van der Waals surface area (Å²) in [6.07, 6.45) is 1.83. The van der Waals surface area contributed by atoms with Gasteiger partial charge in [-0.25, -0.2) is 18.9 Å². The molecule has 0 N–H and O–H groups in total. The summed E-state index contributed by atoms with van der Waals surface area (Å²) in [5.41, 5.74) is 0.0612. The number of halogens is 4. The second-order valence-corrected chi connectivity index (χ2v) is 14.7. The molecule has 1 aliphatic heterocycles. The highest BCUT2D eigenvalue weighted by Gasteiger charge is 2.24. The van der Waals surface area contributed by atoms with Crippen molar-refractivity contribution in [1.29, 1.82) is 0 Å². The van der Waals surface area contributed by atoms with Gasteiger partial charge in [0.2, 0.25) is 10.7 Å². The number of aromatic nitrogens is 4. The maximum absolute atomic E-state index is 14.3. The van der Waals surface area contributed by atoms with Crippen LogP contribution >= 0.6 is 57.9 Å². The number of ether oxygens (including phenoxy) is 2. The quantitative estimate of drug-likeness (QED) is 0.146. The molecule has 11 nitrogen and oxygen atoms in total. The molecule has 1 aliphatic rings. The van der Waals surface area contributed by atoms with Gasteiger partial charge in [-0.1, -0.05) is 55.6 Å². The van der Waals surface area contributed by atoms with Gasteiger partial charge in [0.25, 0.3) is 0 Å². The van der Waals surface area contributed by atoms with Gasteiger partial charge in [0.05, 0.1) is 39.7 Å². The van der Waals surface area contributed by atoms with Crippen LogP contribution in [0.1, 0.15) is 53.4 Å². The van der Waals surface area contributed by atoms with E-state index in [1.807, 2.05) is 34.6 Å². The number of carbonyl (C=O) groups excluding carboxylic acids is 1. The molecule has 17 heteroatoms. The van der Waals surface area contributed by atoms with Gasteiger partial charge in [-0.3, -0.25) is 14.3 Å². The summed E-state index contributed by atoms with van der Waals surface area (Å²) in [6.45, 7) is 10.8. The number of carbonyl (C=O) groups is 1. The van der Waals surface area contributed by atoms with Crippen LogP contribution in [0.25, 0.3) is 5.69 Å². The number of methoxy groups -OCH3 is 1. The molecule has 0 fully saturated rings. The Hall–Kier alpha value is -3.04. The lowest BCUT2D eigenvalue weighted by Gasteiger charge is -2.15. The summed E-state index contributed by atoms with van der Waals surface area (Å²) in [5.74, 6) is -0.768. The number of hydrogen-bond donors (Lipinski definition) is 0. The Morgan fingerprint density at radius 2 is 1.77 bits per heavy atom. The van der Waals surface area contributed by atoms with Crippen LogP contribution in [0.3, 0.4) is 0 Å². The number of esters is 1. The van der Waals surface area contributed by atoms with Crippen LogP contribution in [0.5, 0.6) is 5.75 Å². The molecule has 0 bridgehead atoms. The van der Waals surface area contributed by atoms with Crippen molar-refractivity contribution in [1.82, 2.24) is 19.1 Å². The van der Waals surface area contributed by atoms with Crippen LogP contribution in [0.2, 0.25) is 15.1 Å². The summed E-state index contributed by atoms with van der Waals surface area (Å²) in [5, 5.41) is 5.07. The van der Waals surface area contributed by atoms with Gasteiger partial charge in [-0.15, -0.1) is 16.9 Å².